The van der Waals surface area contributed by atoms with Crippen LogP contribution in [0.4, 0.5) is 0 Å². The Kier molecular flexibility index (Phi) is 59.1. The van der Waals surface area contributed by atoms with E-state index >= 15 is 0 Å². The maximum Gasteiger partial charge on any atom is 0.472 e. The van der Waals surface area contributed by atoms with Crippen molar-refractivity contribution >= 4 is 19.7 Å². The van der Waals surface area contributed by atoms with Crippen molar-refractivity contribution < 1.29 is 37.3 Å². The summed E-state index contributed by atoms with van der Waals surface area (Å²) in [5.74, 6) is -0.500. The van der Waals surface area contributed by atoms with Crippen molar-refractivity contribution in [1.29, 1.82) is 0 Å². The minimum Gasteiger partial charge on any atom is -0.456 e. The van der Waals surface area contributed by atoms with Crippen LogP contribution in [0.1, 0.15) is 329 Å². The van der Waals surface area contributed by atoms with Crippen LogP contribution in [0.2, 0.25) is 0 Å². The zero-order valence-electron chi connectivity index (χ0n) is 54.3. The van der Waals surface area contributed by atoms with Gasteiger partial charge in [-0.15, -0.1) is 0 Å². The van der Waals surface area contributed by atoms with Gasteiger partial charge < -0.3 is 19.4 Å². The highest BCUT2D eigenvalue weighted by molar-refractivity contribution is 7.47. The van der Waals surface area contributed by atoms with E-state index in [0.717, 1.165) is 70.6 Å². The van der Waals surface area contributed by atoms with E-state index in [-0.39, 0.29) is 25.1 Å². The summed E-state index contributed by atoms with van der Waals surface area (Å²) < 4.78 is 30.8. The molecule has 10 heteroatoms. The number of phosphoric ester groups is 1. The maximum absolute atomic E-state index is 13.6. The molecular weight excluding hydrogens is 1020 g/mol. The highest BCUT2D eigenvalue weighted by Gasteiger charge is 2.30. The first-order chi connectivity index (χ1) is 39.4. The summed E-state index contributed by atoms with van der Waals surface area (Å²) in [4.78, 5) is 37.8. The van der Waals surface area contributed by atoms with Crippen molar-refractivity contribution in [3.63, 3.8) is 0 Å². The number of rotatable bonds is 63. The highest BCUT2D eigenvalue weighted by Crippen LogP contribution is 2.43. The fourth-order valence-corrected chi connectivity index (χ4v) is 10.8. The predicted octanol–water partition coefficient (Wildman–Crippen LogP) is 21.8. The van der Waals surface area contributed by atoms with E-state index in [4.69, 9.17) is 13.8 Å². The van der Waals surface area contributed by atoms with Gasteiger partial charge in [-0.2, -0.15) is 0 Å². The number of hydrogen-bond donors (Lipinski definition) is 2. The third-order valence-electron chi connectivity index (χ3n) is 15.4. The Labute approximate surface area is 502 Å². The van der Waals surface area contributed by atoms with Gasteiger partial charge in [0.25, 0.3) is 0 Å². The fraction of sp³-hybridized carbons (Fsp3) is 0.831. The molecule has 0 rings (SSSR count). The average Bonchev–Trinajstić information content (AvgIpc) is 3.43. The molecule has 474 valence electrons. The van der Waals surface area contributed by atoms with Crippen molar-refractivity contribution in [1.82, 2.24) is 5.32 Å². The van der Waals surface area contributed by atoms with Crippen LogP contribution in [0, 0.1) is 0 Å². The molecular formula is C71H134N2O7P+. The van der Waals surface area contributed by atoms with Crippen molar-refractivity contribution in [2.45, 2.75) is 341 Å². The molecule has 0 aliphatic carbocycles. The van der Waals surface area contributed by atoms with E-state index in [1.165, 1.54) is 225 Å². The number of hydrogen-bond acceptors (Lipinski definition) is 6. The summed E-state index contributed by atoms with van der Waals surface area (Å²) in [6.07, 6.45) is 78.0. The number of quaternary nitrogens is 1. The number of carbonyl (C=O) groups excluding carboxylic acids is 2. The lowest BCUT2D eigenvalue weighted by Gasteiger charge is -2.27. The monoisotopic (exact) mass is 1160 g/mol. The van der Waals surface area contributed by atoms with Gasteiger partial charge in [-0.3, -0.25) is 18.6 Å². The molecule has 0 saturated heterocycles. The molecule has 0 fully saturated rings. The molecule has 0 aromatic heterocycles. The largest absolute Gasteiger partial charge is 0.472 e. The molecule has 3 unspecified atom stereocenters. The van der Waals surface area contributed by atoms with Crippen LogP contribution in [0.15, 0.2) is 60.8 Å². The van der Waals surface area contributed by atoms with E-state index in [1.54, 1.807) is 0 Å². The van der Waals surface area contributed by atoms with E-state index in [0.29, 0.717) is 23.9 Å². The molecule has 0 aliphatic heterocycles. The maximum atomic E-state index is 13.6. The third-order valence-corrected chi connectivity index (χ3v) is 16.4. The van der Waals surface area contributed by atoms with Crippen LogP contribution in [-0.2, 0) is 27.9 Å². The second-order valence-electron chi connectivity index (χ2n) is 24.7. The van der Waals surface area contributed by atoms with Crippen LogP contribution >= 0.6 is 7.82 Å². The summed E-state index contributed by atoms with van der Waals surface area (Å²) >= 11 is 0. The number of ether oxygens (including phenoxy) is 1. The van der Waals surface area contributed by atoms with E-state index < -0.39 is 20.0 Å². The van der Waals surface area contributed by atoms with Crippen LogP contribution in [-0.4, -0.2) is 74.3 Å². The average molecular weight is 1160 g/mol. The molecule has 9 nitrogen and oxygen atoms in total. The van der Waals surface area contributed by atoms with Gasteiger partial charge in [-0.1, -0.05) is 281 Å². The van der Waals surface area contributed by atoms with Gasteiger partial charge >= 0.3 is 13.8 Å². The number of nitrogens with zero attached hydrogens (tertiary/aromatic N) is 1. The van der Waals surface area contributed by atoms with Crippen LogP contribution < -0.4 is 5.32 Å². The third kappa shape index (κ3) is 62.1. The molecule has 0 radical (unpaired) electrons. The molecule has 0 aromatic rings. The Bertz CT molecular complexity index is 1570. The van der Waals surface area contributed by atoms with Crippen molar-refractivity contribution in [2.75, 3.05) is 40.9 Å². The number of likely N-dealkylation sites (N-methyl/N-ethyl adjacent to an activating group) is 1. The number of amides is 1. The van der Waals surface area contributed by atoms with E-state index in [1.807, 2.05) is 33.3 Å². The van der Waals surface area contributed by atoms with Crippen LogP contribution in [0.25, 0.3) is 0 Å². The fourth-order valence-electron chi connectivity index (χ4n) is 10.1. The molecule has 0 bridgehead atoms. The molecule has 2 N–H and O–H groups in total. The molecule has 0 aromatic carbocycles. The number of nitrogens with one attached hydrogen (secondary N) is 1. The Hall–Kier alpha value is -2.29. The summed E-state index contributed by atoms with van der Waals surface area (Å²) in [7, 11) is 1.50. The summed E-state index contributed by atoms with van der Waals surface area (Å²) in [6, 6.07) is -0.851. The first-order valence-electron chi connectivity index (χ1n) is 34.6. The second-order valence-corrected chi connectivity index (χ2v) is 26.1. The number of phosphoric acid groups is 1. The van der Waals surface area contributed by atoms with Gasteiger partial charge in [0.1, 0.15) is 19.3 Å². The van der Waals surface area contributed by atoms with Crippen molar-refractivity contribution in [2.24, 2.45) is 0 Å². The standard InChI is InChI=1S/C71H133N2O7P/c1-7-10-13-16-19-22-25-27-29-31-33-35-36-38-39-41-43-45-48-51-54-57-60-63-70(74)72-68(67-79-81(76,77)78-66-65-73(4,5)6)69(62-59-56-53-50-47-24-21-18-15-12-9-3)80-71(75)64-61-58-55-52-49-46-44-42-40-37-34-32-30-28-26-23-20-17-14-11-8-2/h19,22,27-30,33,35,59,62,68-69H,7-18,20-21,23-26,31-32,34,36-58,60-61,63-67H2,1-6H3,(H-,72,74,76,77)/p+1/b22-19-,29-27-,30-28+,35-33-,62-59+. The molecule has 0 saturated carbocycles. The van der Waals surface area contributed by atoms with Crippen LogP contribution in [0.5, 0.6) is 0 Å². The van der Waals surface area contributed by atoms with Gasteiger partial charge in [0.05, 0.1) is 33.8 Å². The first kappa shape index (κ1) is 78.7. The van der Waals surface area contributed by atoms with E-state index in [9.17, 15) is 19.0 Å². The SMILES string of the molecule is CCCCC/C=C\C/C=C\C/C=C\CCCCCCCCCCCCC(=O)NC(COP(=O)(O)OCC[N+](C)(C)C)C(/C=C/CCCCCCCCCCC)OC(=O)CCCCCCCCCCCCC/C=C/CCCCCCCC. The summed E-state index contributed by atoms with van der Waals surface area (Å²) in [5, 5.41) is 3.07. The lowest BCUT2D eigenvalue weighted by molar-refractivity contribution is -0.870. The smallest absolute Gasteiger partial charge is 0.456 e. The van der Waals surface area contributed by atoms with Crippen LogP contribution in [0.3, 0.4) is 0 Å². The Morgan fingerprint density at radius 3 is 1.16 bits per heavy atom. The minimum absolute atomic E-state index is 0.0391. The molecule has 3 atom stereocenters. The zero-order chi connectivity index (χ0) is 59.3. The molecule has 1 amide bonds. The quantitative estimate of drug-likeness (QED) is 0.0205. The second kappa shape index (κ2) is 60.8. The Balaban J connectivity index is 5.07. The molecule has 0 aliphatic rings. The number of carbonyl (C=O) groups is 2. The lowest BCUT2D eigenvalue weighted by atomic mass is 10.0. The van der Waals surface area contributed by atoms with Crippen molar-refractivity contribution in [3.8, 4) is 0 Å². The number of allylic oxidation sites excluding steroid dienone is 9. The topological polar surface area (TPSA) is 111 Å². The minimum atomic E-state index is -4.45. The first-order valence-corrected chi connectivity index (χ1v) is 36.1. The Morgan fingerprint density at radius 1 is 0.432 bits per heavy atom. The highest BCUT2D eigenvalue weighted by atomic mass is 31.2. The van der Waals surface area contributed by atoms with E-state index in [2.05, 4.69) is 74.7 Å². The summed E-state index contributed by atoms with van der Waals surface area (Å²) in [5.41, 5.74) is 0. The van der Waals surface area contributed by atoms with Gasteiger partial charge in [0.2, 0.25) is 5.91 Å². The molecule has 0 spiro atoms. The molecule has 0 heterocycles. The van der Waals surface area contributed by atoms with Gasteiger partial charge in [0, 0.05) is 12.8 Å². The van der Waals surface area contributed by atoms with Gasteiger partial charge in [-0.25, -0.2) is 4.57 Å². The van der Waals surface area contributed by atoms with Gasteiger partial charge in [-0.05, 0) is 96.0 Å². The zero-order valence-corrected chi connectivity index (χ0v) is 55.2. The summed E-state index contributed by atoms with van der Waals surface area (Å²) in [6.45, 7) is 7.01. The lowest BCUT2D eigenvalue weighted by Crippen LogP contribution is -2.47. The molecule has 81 heavy (non-hydrogen) atoms. The predicted molar refractivity (Wildman–Crippen MR) is 351 cm³/mol. The number of unbranched alkanes of at least 4 members (excludes halogenated alkanes) is 39. The Morgan fingerprint density at radius 2 is 0.753 bits per heavy atom. The van der Waals surface area contributed by atoms with Gasteiger partial charge in [0.15, 0.2) is 0 Å². The normalized spacial score (nSPS) is 13.9. The number of esters is 1. The van der Waals surface area contributed by atoms with Crippen molar-refractivity contribution in [3.05, 3.63) is 60.8 Å².